The van der Waals surface area contributed by atoms with Crippen molar-refractivity contribution in [1.29, 1.82) is 0 Å². The number of nitrogens with zero attached hydrogens (tertiary/aromatic N) is 2. The third kappa shape index (κ3) is 2.63. The minimum absolute atomic E-state index is 0.00190. The highest BCUT2D eigenvalue weighted by molar-refractivity contribution is 5.94. The Hall–Kier alpha value is -1.59. The van der Waals surface area contributed by atoms with Crippen LogP contribution in [-0.2, 0) is 14.4 Å². The summed E-state index contributed by atoms with van der Waals surface area (Å²) in [6, 6.07) is -0.424. The van der Waals surface area contributed by atoms with Crippen LogP contribution in [0.25, 0.3) is 0 Å². The van der Waals surface area contributed by atoms with Gasteiger partial charge in [0.15, 0.2) is 0 Å². The minimum atomic E-state index is -1.01. The molecule has 1 saturated carbocycles. The summed E-state index contributed by atoms with van der Waals surface area (Å²) in [5.41, 5.74) is 0. The largest absolute Gasteiger partial charge is 0.480 e. The molecule has 0 aromatic rings. The van der Waals surface area contributed by atoms with Crippen LogP contribution in [0.15, 0.2) is 0 Å². The molecule has 2 aliphatic heterocycles. The fourth-order valence-electron chi connectivity index (χ4n) is 4.11. The number of fused-ring (bicyclic) bond motifs is 1. The summed E-state index contributed by atoms with van der Waals surface area (Å²) in [5, 5.41) is 8.99. The lowest BCUT2D eigenvalue weighted by molar-refractivity contribution is -0.144. The smallest absolute Gasteiger partial charge is 0.323 e. The molecule has 1 N–H and O–H groups in total. The van der Waals surface area contributed by atoms with Gasteiger partial charge in [-0.3, -0.25) is 14.4 Å². The SMILES string of the molecule is O=C(O)CN1C(=O)[C@H](CC2CCCCC2)N2C(=O)CC[C@@H]12. The van der Waals surface area contributed by atoms with Gasteiger partial charge in [0.05, 0.1) is 0 Å². The first kappa shape index (κ1) is 14.4. The second-order valence-corrected chi connectivity index (χ2v) is 6.44. The third-order valence-electron chi connectivity index (χ3n) is 5.08. The Labute approximate surface area is 124 Å². The molecule has 0 bridgehead atoms. The number of aliphatic carboxylic acids is 1. The standard InChI is InChI=1S/C15H22N2O4/c18-13-7-6-12-16(9-14(19)20)15(21)11(17(12)13)8-10-4-2-1-3-5-10/h10-12H,1-9H2,(H,19,20)/t11-,12-/m0/s1. The molecular formula is C15H22N2O4. The highest BCUT2D eigenvalue weighted by Gasteiger charge is 2.52. The maximum absolute atomic E-state index is 12.5. The van der Waals surface area contributed by atoms with Crippen LogP contribution in [-0.4, -0.2) is 51.4 Å². The van der Waals surface area contributed by atoms with Gasteiger partial charge in [0.25, 0.3) is 0 Å². The maximum atomic E-state index is 12.5. The molecule has 6 nitrogen and oxygen atoms in total. The molecule has 0 unspecified atom stereocenters. The van der Waals surface area contributed by atoms with Gasteiger partial charge in [0.2, 0.25) is 11.8 Å². The van der Waals surface area contributed by atoms with Gasteiger partial charge in [-0.2, -0.15) is 0 Å². The van der Waals surface area contributed by atoms with Crippen molar-refractivity contribution in [3.8, 4) is 0 Å². The predicted octanol–water partition coefficient (Wildman–Crippen LogP) is 1.20. The van der Waals surface area contributed by atoms with E-state index in [0.29, 0.717) is 25.2 Å². The minimum Gasteiger partial charge on any atom is -0.480 e. The number of carbonyl (C=O) groups excluding carboxylic acids is 2. The normalized spacial score (nSPS) is 30.1. The quantitative estimate of drug-likeness (QED) is 0.845. The summed E-state index contributed by atoms with van der Waals surface area (Å²) in [4.78, 5) is 38.7. The number of rotatable bonds is 4. The van der Waals surface area contributed by atoms with Crippen LogP contribution in [0.4, 0.5) is 0 Å². The second-order valence-electron chi connectivity index (χ2n) is 6.44. The van der Waals surface area contributed by atoms with E-state index < -0.39 is 12.0 Å². The van der Waals surface area contributed by atoms with Crippen molar-refractivity contribution in [2.45, 2.75) is 63.6 Å². The van der Waals surface area contributed by atoms with Crippen LogP contribution in [0.1, 0.15) is 51.4 Å². The van der Waals surface area contributed by atoms with Crippen molar-refractivity contribution in [2.75, 3.05) is 6.54 Å². The Balaban J connectivity index is 1.76. The second kappa shape index (κ2) is 5.66. The molecule has 21 heavy (non-hydrogen) atoms. The summed E-state index contributed by atoms with van der Waals surface area (Å²) < 4.78 is 0. The van der Waals surface area contributed by atoms with E-state index >= 15 is 0 Å². The molecule has 3 aliphatic rings. The average Bonchev–Trinajstić information content (AvgIpc) is 2.94. The van der Waals surface area contributed by atoms with E-state index in [1.165, 1.54) is 24.2 Å². The first-order chi connectivity index (χ1) is 10.1. The molecule has 0 aromatic heterocycles. The van der Waals surface area contributed by atoms with E-state index in [1.807, 2.05) is 0 Å². The molecule has 116 valence electrons. The highest BCUT2D eigenvalue weighted by atomic mass is 16.4. The lowest BCUT2D eigenvalue weighted by atomic mass is 9.84. The van der Waals surface area contributed by atoms with E-state index in [-0.39, 0.29) is 24.5 Å². The van der Waals surface area contributed by atoms with Crippen LogP contribution in [0.5, 0.6) is 0 Å². The van der Waals surface area contributed by atoms with Gasteiger partial charge in [-0.25, -0.2) is 0 Å². The maximum Gasteiger partial charge on any atom is 0.323 e. The summed E-state index contributed by atoms with van der Waals surface area (Å²) >= 11 is 0. The van der Waals surface area contributed by atoms with Crippen LogP contribution < -0.4 is 0 Å². The molecule has 2 heterocycles. The molecule has 0 aromatic carbocycles. The molecule has 2 saturated heterocycles. The number of hydrogen-bond acceptors (Lipinski definition) is 3. The zero-order valence-corrected chi connectivity index (χ0v) is 12.2. The fraction of sp³-hybridized carbons (Fsp3) is 0.800. The number of carboxylic acid groups (broad SMARTS) is 1. The average molecular weight is 294 g/mol. The molecule has 0 spiro atoms. The van der Waals surface area contributed by atoms with Crippen molar-refractivity contribution >= 4 is 17.8 Å². The predicted molar refractivity (Wildman–Crippen MR) is 74.2 cm³/mol. The fourth-order valence-corrected chi connectivity index (χ4v) is 4.11. The molecule has 6 heteroatoms. The summed E-state index contributed by atoms with van der Waals surface area (Å²) in [7, 11) is 0. The number of hydrogen-bond donors (Lipinski definition) is 1. The lowest BCUT2D eigenvalue weighted by Gasteiger charge is -2.27. The highest BCUT2D eigenvalue weighted by Crippen LogP contribution is 2.37. The first-order valence-corrected chi connectivity index (χ1v) is 7.91. The van der Waals surface area contributed by atoms with E-state index in [9.17, 15) is 14.4 Å². The number of carbonyl (C=O) groups is 3. The van der Waals surface area contributed by atoms with Crippen molar-refractivity contribution in [2.24, 2.45) is 5.92 Å². The Kier molecular flexibility index (Phi) is 3.87. The summed E-state index contributed by atoms with van der Waals surface area (Å²) in [6.07, 6.45) is 7.26. The molecular weight excluding hydrogens is 272 g/mol. The third-order valence-corrected chi connectivity index (χ3v) is 5.08. The first-order valence-electron chi connectivity index (χ1n) is 7.91. The van der Waals surface area contributed by atoms with Crippen LogP contribution in [0.2, 0.25) is 0 Å². The van der Waals surface area contributed by atoms with Crippen LogP contribution >= 0.6 is 0 Å². The molecule has 0 radical (unpaired) electrons. The number of carboxylic acids is 1. The molecule has 2 atom stereocenters. The summed E-state index contributed by atoms with van der Waals surface area (Å²) in [6.45, 7) is -0.297. The Morgan fingerprint density at radius 3 is 2.52 bits per heavy atom. The molecule has 3 rings (SSSR count). The van der Waals surface area contributed by atoms with E-state index in [4.69, 9.17) is 5.11 Å². The lowest BCUT2D eigenvalue weighted by Crippen LogP contribution is -2.40. The van der Waals surface area contributed by atoms with Crippen LogP contribution in [0, 0.1) is 5.92 Å². The van der Waals surface area contributed by atoms with Crippen molar-refractivity contribution < 1.29 is 19.5 Å². The molecule has 1 aliphatic carbocycles. The zero-order valence-electron chi connectivity index (χ0n) is 12.2. The number of amides is 2. The Morgan fingerprint density at radius 1 is 1.14 bits per heavy atom. The monoisotopic (exact) mass is 294 g/mol. The van der Waals surface area contributed by atoms with E-state index in [1.54, 1.807) is 4.90 Å². The Morgan fingerprint density at radius 2 is 1.86 bits per heavy atom. The van der Waals surface area contributed by atoms with Crippen molar-refractivity contribution in [1.82, 2.24) is 9.80 Å². The zero-order chi connectivity index (χ0) is 15.0. The van der Waals surface area contributed by atoms with E-state index in [2.05, 4.69) is 0 Å². The molecule has 2 amide bonds. The van der Waals surface area contributed by atoms with Crippen molar-refractivity contribution in [3.05, 3.63) is 0 Å². The van der Waals surface area contributed by atoms with Gasteiger partial charge < -0.3 is 14.9 Å². The van der Waals surface area contributed by atoms with Gasteiger partial charge in [-0.15, -0.1) is 0 Å². The Bertz CT molecular complexity index is 459. The van der Waals surface area contributed by atoms with Gasteiger partial charge in [0, 0.05) is 6.42 Å². The van der Waals surface area contributed by atoms with Gasteiger partial charge in [-0.1, -0.05) is 32.1 Å². The topological polar surface area (TPSA) is 77.9 Å². The van der Waals surface area contributed by atoms with Gasteiger partial charge >= 0.3 is 5.97 Å². The summed E-state index contributed by atoms with van der Waals surface area (Å²) in [5.74, 6) is -0.685. The van der Waals surface area contributed by atoms with Crippen molar-refractivity contribution in [3.63, 3.8) is 0 Å². The van der Waals surface area contributed by atoms with E-state index in [0.717, 1.165) is 12.8 Å². The van der Waals surface area contributed by atoms with Gasteiger partial charge in [0.1, 0.15) is 18.8 Å². The molecule has 3 fully saturated rings. The van der Waals surface area contributed by atoms with Crippen LogP contribution in [0.3, 0.4) is 0 Å². The van der Waals surface area contributed by atoms with Gasteiger partial charge in [-0.05, 0) is 18.8 Å².